The normalized spacial score (nSPS) is 10.1. The van der Waals surface area contributed by atoms with Crippen LogP contribution in [0, 0.1) is 0 Å². The molecule has 0 atom stereocenters. The highest BCUT2D eigenvalue weighted by Gasteiger charge is 1.99. The minimum atomic E-state index is -0.769. The van der Waals surface area contributed by atoms with E-state index in [0.717, 1.165) is 17.9 Å². The summed E-state index contributed by atoms with van der Waals surface area (Å²) >= 11 is 0. The third-order valence-corrected chi connectivity index (χ3v) is 2.17. The molecular formula is C12H17NO3. The molecule has 0 saturated carbocycles. The van der Waals surface area contributed by atoms with Crippen LogP contribution in [-0.2, 0) is 11.2 Å². The predicted molar refractivity (Wildman–Crippen MR) is 61.8 cm³/mol. The predicted octanol–water partition coefficient (Wildman–Crippen LogP) is 1.30. The Morgan fingerprint density at radius 3 is 2.62 bits per heavy atom. The van der Waals surface area contributed by atoms with Crippen LogP contribution in [0.15, 0.2) is 24.3 Å². The van der Waals surface area contributed by atoms with Crippen molar-refractivity contribution in [3.05, 3.63) is 29.8 Å². The van der Waals surface area contributed by atoms with Gasteiger partial charge in [-0.15, -0.1) is 0 Å². The highest BCUT2D eigenvalue weighted by atomic mass is 16.5. The average molecular weight is 223 g/mol. The van der Waals surface area contributed by atoms with Crippen molar-refractivity contribution in [2.45, 2.75) is 12.8 Å². The molecule has 0 fully saturated rings. The van der Waals surface area contributed by atoms with Crippen LogP contribution in [0.2, 0.25) is 0 Å². The second kappa shape index (κ2) is 6.85. The summed E-state index contributed by atoms with van der Waals surface area (Å²) < 4.78 is 5.45. The van der Waals surface area contributed by atoms with Crippen molar-refractivity contribution < 1.29 is 14.6 Å². The monoisotopic (exact) mass is 223 g/mol. The highest BCUT2D eigenvalue weighted by Crippen LogP contribution is 2.13. The SMILES string of the molecule is CNCCOc1ccc(CCC(=O)O)cc1. The lowest BCUT2D eigenvalue weighted by atomic mass is 10.1. The van der Waals surface area contributed by atoms with Crippen LogP contribution in [0.1, 0.15) is 12.0 Å². The molecule has 0 saturated heterocycles. The average Bonchev–Trinajstić information content (AvgIpc) is 2.28. The van der Waals surface area contributed by atoms with Gasteiger partial charge in [0.05, 0.1) is 0 Å². The topological polar surface area (TPSA) is 58.6 Å². The first kappa shape index (κ1) is 12.5. The lowest BCUT2D eigenvalue weighted by Crippen LogP contribution is -2.15. The second-order valence-electron chi connectivity index (χ2n) is 3.49. The number of nitrogens with one attached hydrogen (secondary N) is 1. The van der Waals surface area contributed by atoms with Gasteiger partial charge in [0.2, 0.25) is 0 Å². The number of aryl methyl sites for hydroxylation is 1. The molecule has 0 aromatic heterocycles. The van der Waals surface area contributed by atoms with Gasteiger partial charge in [-0.25, -0.2) is 0 Å². The van der Waals surface area contributed by atoms with Crippen molar-refractivity contribution in [3.63, 3.8) is 0 Å². The molecule has 0 aliphatic heterocycles. The third-order valence-electron chi connectivity index (χ3n) is 2.17. The molecule has 0 bridgehead atoms. The molecule has 0 radical (unpaired) electrons. The Morgan fingerprint density at radius 2 is 2.06 bits per heavy atom. The fraction of sp³-hybridized carbons (Fsp3) is 0.417. The first-order valence-corrected chi connectivity index (χ1v) is 5.30. The lowest BCUT2D eigenvalue weighted by Gasteiger charge is -2.06. The standard InChI is InChI=1S/C12H17NO3/c1-13-8-9-16-11-5-2-10(3-6-11)4-7-12(14)15/h2-3,5-6,13H,4,7-9H2,1H3,(H,14,15). The summed E-state index contributed by atoms with van der Waals surface area (Å²) in [4.78, 5) is 10.4. The third kappa shape index (κ3) is 4.79. The maximum absolute atomic E-state index is 10.4. The maximum Gasteiger partial charge on any atom is 0.303 e. The molecule has 1 rings (SSSR count). The summed E-state index contributed by atoms with van der Waals surface area (Å²) in [6.45, 7) is 1.44. The van der Waals surface area contributed by atoms with Crippen molar-refractivity contribution >= 4 is 5.97 Å². The van der Waals surface area contributed by atoms with E-state index in [2.05, 4.69) is 5.32 Å². The molecule has 0 heterocycles. The van der Waals surface area contributed by atoms with E-state index in [1.54, 1.807) is 0 Å². The molecule has 0 aliphatic carbocycles. The number of carboxylic acids is 1. The first-order chi connectivity index (χ1) is 7.72. The summed E-state index contributed by atoms with van der Waals surface area (Å²) in [7, 11) is 1.87. The number of rotatable bonds is 7. The number of ether oxygens (including phenoxy) is 1. The molecular weight excluding hydrogens is 206 g/mol. The Balaban J connectivity index is 2.38. The van der Waals surface area contributed by atoms with Crippen LogP contribution in [-0.4, -0.2) is 31.3 Å². The van der Waals surface area contributed by atoms with Crippen LogP contribution < -0.4 is 10.1 Å². The number of hydrogen-bond acceptors (Lipinski definition) is 3. The summed E-state index contributed by atoms with van der Waals surface area (Å²) in [6.07, 6.45) is 0.728. The molecule has 1 aromatic carbocycles. The molecule has 0 spiro atoms. The zero-order chi connectivity index (χ0) is 11.8. The Kier molecular flexibility index (Phi) is 5.36. The summed E-state index contributed by atoms with van der Waals surface area (Å²) in [5.41, 5.74) is 1.02. The molecule has 0 amide bonds. The van der Waals surface area contributed by atoms with Gasteiger partial charge in [-0.2, -0.15) is 0 Å². The Hall–Kier alpha value is -1.55. The van der Waals surface area contributed by atoms with Crippen LogP contribution in [0.5, 0.6) is 5.75 Å². The van der Waals surface area contributed by atoms with Gasteiger partial charge >= 0.3 is 5.97 Å². The number of likely N-dealkylation sites (N-methyl/N-ethyl adjacent to an activating group) is 1. The maximum atomic E-state index is 10.4. The quantitative estimate of drug-likeness (QED) is 0.684. The van der Waals surface area contributed by atoms with E-state index in [-0.39, 0.29) is 6.42 Å². The van der Waals surface area contributed by atoms with Gasteiger partial charge in [-0.1, -0.05) is 12.1 Å². The van der Waals surface area contributed by atoms with Gasteiger partial charge in [0.1, 0.15) is 12.4 Å². The van der Waals surface area contributed by atoms with Crippen molar-refractivity contribution in [1.29, 1.82) is 0 Å². The molecule has 0 unspecified atom stereocenters. The van der Waals surface area contributed by atoms with Gasteiger partial charge in [-0.3, -0.25) is 4.79 Å². The van der Waals surface area contributed by atoms with E-state index in [0.29, 0.717) is 13.0 Å². The molecule has 2 N–H and O–H groups in total. The van der Waals surface area contributed by atoms with E-state index in [9.17, 15) is 4.79 Å². The fourth-order valence-corrected chi connectivity index (χ4v) is 1.27. The Bertz CT molecular complexity index is 322. The van der Waals surface area contributed by atoms with E-state index < -0.39 is 5.97 Å². The van der Waals surface area contributed by atoms with Crippen LogP contribution in [0.25, 0.3) is 0 Å². The first-order valence-electron chi connectivity index (χ1n) is 5.30. The van der Waals surface area contributed by atoms with Gasteiger partial charge in [0.15, 0.2) is 0 Å². The molecule has 4 nitrogen and oxygen atoms in total. The van der Waals surface area contributed by atoms with Crippen LogP contribution in [0.3, 0.4) is 0 Å². The molecule has 1 aromatic rings. The second-order valence-corrected chi connectivity index (χ2v) is 3.49. The summed E-state index contributed by atoms with van der Waals surface area (Å²) in [6, 6.07) is 7.54. The van der Waals surface area contributed by atoms with Crippen molar-refractivity contribution in [2.75, 3.05) is 20.2 Å². The number of carboxylic acid groups (broad SMARTS) is 1. The smallest absolute Gasteiger partial charge is 0.303 e. The van der Waals surface area contributed by atoms with Crippen LogP contribution in [0.4, 0.5) is 0 Å². The van der Waals surface area contributed by atoms with Gasteiger partial charge in [0.25, 0.3) is 0 Å². The summed E-state index contributed by atoms with van der Waals surface area (Å²) in [5.74, 6) is 0.0451. The highest BCUT2D eigenvalue weighted by molar-refractivity contribution is 5.67. The fourth-order valence-electron chi connectivity index (χ4n) is 1.27. The van der Waals surface area contributed by atoms with Gasteiger partial charge in [-0.05, 0) is 31.2 Å². The number of carbonyl (C=O) groups is 1. The molecule has 88 valence electrons. The minimum absolute atomic E-state index is 0.167. The lowest BCUT2D eigenvalue weighted by molar-refractivity contribution is -0.136. The Morgan fingerprint density at radius 1 is 1.38 bits per heavy atom. The number of hydrogen-bond donors (Lipinski definition) is 2. The molecule has 0 aliphatic rings. The Labute approximate surface area is 95.2 Å². The largest absolute Gasteiger partial charge is 0.492 e. The van der Waals surface area contributed by atoms with E-state index in [4.69, 9.17) is 9.84 Å². The zero-order valence-electron chi connectivity index (χ0n) is 9.40. The van der Waals surface area contributed by atoms with Crippen molar-refractivity contribution in [3.8, 4) is 5.75 Å². The zero-order valence-corrected chi connectivity index (χ0v) is 9.40. The number of aliphatic carboxylic acids is 1. The summed E-state index contributed by atoms with van der Waals surface area (Å²) in [5, 5.41) is 11.5. The van der Waals surface area contributed by atoms with Gasteiger partial charge < -0.3 is 15.2 Å². The van der Waals surface area contributed by atoms with E-state index in [1.807, 2.05) is 31.3 Å². The van der Waals surface area contributed by atoms with Crippen molar-refractivity contribution in [2.24, 2.45) is 0 Å². The number of benzene rings is 1. The van der Waals surface area contributed by atoms with E-state index >= 15 is 0 Å². The van der Waals surface area contributed by atoms with Crippen molar-refractivity contribution in [1.82, 2.24) is 5.32 Å². The molecule has 16 heavy (non-hydrogen) atoms. The minimum Gasteiger partial charge on any atom is -0.492 e. The van der Waals surface area contributed by atoms with E-state index in [1.165, 1.54) is 0 Å². The van der Waals surface area contributed by atoms with Crippen LogP contribution >= 0.6 is 0 Å². The van der Waals surface area contributed by atoms with Gasteiger partial charge in [0, 0.05) is 13.0 Å². The molecule has 4 heteroatoms.